The fraction of sp³-hybridized carbons (Fsp3) is 0.519. The van der Waals surface area contributed by atoms with Crippen molar-refractivity contribution in [1.82, 2.24) is 14.5 Å². The molecule has 0 N–H and O–H groups in total. The fourth-order valence-electron chi connectivity index (χ4n) is 4.16. The van der Waals surface area contributed by atoms with Gasteiger partial charge in [-0.2, -0.15) is 0 Å². The Balaban J connectivity index is 1.74. The summed E-state index contributed by atoms with van der Waals surface area (Å²) >= 11 is 6.33. The van der Waals surface area contributed by atoms with E-state index in [-0.39, 0.29) is 0 Å². The summed E-state index contributed by atoms with van der Waals surface area (Å²) in [6, 6.07) is 12.2. The molecule has 2 aromatic carbocycles. The van der Waals surface area contributed by atoms with Gasteiger partial charge in [-0.25, -0.2) is 4.98 Å². The first-order chi connectivity index (χ1) is 15.5. The zero-order valence-electron chi connectivity index (χ0n) is 20.2. The Morgan fingerprint density at radius 2 is 1.66 bits per heavy atom. The molecule has 0 bridgehead atoms. The number of imidazole rings is 1. The summed E-state index contributed by atoms with van der Waals surface area (Å²) in [7, 11) is 0. The molecule has 0 radical (unpaired) electrons. The van der Waals surface area contributed by atoms with Crippen LogP contribution in [0.1, 0.15) is 62.9 Å². The first-order valence-electron chi connectivity index (χ1n) is 12.1. The Labute approximate surface area is 198 Å². The summed E-state index contributed by atoms with van der Waals surface area (Å²) in [5.74, 6) is 1.87. The molecule has 3 rings (SSSR count). The lowest BCUT2D eigenvalue weighted by Crippen LogP contribution is -2.28. The molecule has 3 aromatic rings. The van der Waals surface area contributed by atoms with Gasteiger partial charge in [-0.15, -0.1) is 0 Å². The zero-order chi connectivity index (χ0) is 22.9. The first kappa shape index (κ1) is 24.6. The molecule has 0 aliphatic carbocycles. The van der Waals surface area contributed by atoms with Crippen LogP contribution in [0.15, 0.2) is 36.4 Å². The van der Waals surface area contributed by atoms with E-state index >= 15 is 0 Å². The van der Waals surface area contributed by atoms with Gasteiger partial charge in [-0.3, -0.25) is 0 Å². The van der Waals surface area contributed by atoms with Gasteiger partial charge in [0.1, 0.15) is 18.2 Å². The fourth-order valence-corrected chi connectivity index (χ4v) is 4.33. The second-order valence-electron chi connectivity index (χ2n) is 8.77. The van der Waals surface area contributed by atoms with Gasteiger partial charge in [0.25, 0.3) is 0 Å². The summed E-state index contributed by atoms with van der Waals surface area (Å²) in [6.45, 7) is 13.6. The van der Waals surface area contributed by atoms with E-state index in [0.29, 0.717) is 6.61 Å². The normalized spacial score (nSPS) is 11.6. The highest BCUT2D eigenvalue weighted by atomic mass is 35.5. The number of fused-ring (bicyclic) bond motifs is 1. The third-order valence-corrected chi connectivity index (χ3v) is 6.22. The molecule has 4 nitrogen and oxygen atoms in total. The molecule has 0 amide bonds. The molecule has 0 unspecified atom stereocenters. The van der Waals surface area contributed by atoms with Gasteiger partial charge in [0.05, 0.1) is 11.0 Å². The molecule has 0 spiro atoms. The van der Waals surface area contributed by atoms with Crippen LogP contribution in [-0.2, 0) is 13.2 Å². The van der Waals surface area contributed by atoms with Crippen LogP contribution in [0.2, 0.25) is 5.02 Å². The van der Waals surface area contributed by atoms with Crippen molar-refractivity contribution in [1.29, 1.82) is 0 Å². The SMILES string of the molecule is CCCCN(CCCC)CCCn1c(COc2ccc(C)cc2C)nc2ccc(Cl)cc21. The minimum Gasteiger partial charge on any atom is -0.485 e. The van der Waals surface area contributed by atoms with E-state index in [1.165, 1.54) is 44.3 Å². The Kier molecular flexibility index (Phi) is 9.43. The van der Waals surface area contributed by atoms with Gasteiger partial charge in [0, 0.05) is 11.6 Å². The summed E-state index contributed by atoms with van der Waals surface area (Å²) in [5.41, 5.74) is 4.46. The van der Waals surface area contributed by atoms with Crippen molar-refractivity contribution in [2.45, 2.75) is 73.0 Å². The highest BCUT2D eigenvalue weighted by Gasteiger charge is 2.13. The lowest BCUT2D eigenvalue weighted by Gasteiger charge is -2.22. The second kappa shape index (κ2) is 12.3. The van der Waals surface area contributed by atoms with Gasteiger partial charge in [0.15, 0.2) is 0 Å². The molecular formula is C27H38ClN3O. The van der Waals surface area contributed by atoms with Crippen LogP contribution in [0.5, 0.6) is 5.75 Å². The second-order valence-corrected chi connectivity index (χ2v) is 9.21. The van der Waals surface area contributed by atoms with Gasteiger partial charge >= 0.3 is 0 Å². The molecular weight excluding hydrogens is 418 g/mol. The zero-order valence-corrected chi connectivity index (χ0v) is 20.9. The maximum Gasteiger partial charge on any atom is 0.147 e. The monoisotopic (exact) mass is 455 g/mol. The molecule has 0 fully saturated rings. The maximum atomic E-state index is 6.33. The average molecular weight is 456 g/mol. The van der Waals surface area contributed by atoms with Crippen molar-refractivity contribution < 1.29 is 4.74 Å². The van der Waals surface area contributed by atoms with E-state index in [2.05, 4.69) is 49.3 Å². The van der Waals surface area contributed by atoms with E-state index in [0.717, 1.165) is 52.7 Å². The largest absolute Gasteiger partial charge is 0.485 e. The number of hydrogen-bond donors (Lipinski definition) is 0. The van der Waals surface area contributed by atoms with Crippen molar-refractivity contribution in [3.63, 3.8) is 0 Å². The smallest absolute Gasteiger partial charge is 0.147 e. The minimum absolute atomic E-state index is 0.450. The lowest BCUT2D eigenvalue weighted by molar-refractivity contribution is 0.254. The summed E-state index contributed by atoms with van der Waals surface area (Å²) in [6.07, 6.45) is 6.10. The Hall–Kier alpha value is -2.04. The highest BCUT2D eigenvalue weighted by Crippen LogP contribution is 2.24. The van der Waals surface area contributed by atoms with Gasteiger partial charge in [-0.05, 0) is 82.6 Å². The van der Waals surface area contributed by atoms with Crippen molar-refractivity contribution in [3.8, 4) is 5.75 Å². The minimum atomic E-state index is 0.450. The molecule has 1 heterocycles. The number of nitrogens with zero attached hydrogens (tertiary/aromatic N) is 3. The standard InChI is InChI=1S/C27H38ClN3O/c1-5-7-14-30(15-8-6-2)16-9-17-31-25-19-23(28)11-12-24(25)29-27(31)20-32-26-13-10-21(3)18-22(26)4/h10-13,18-19H,5-9,14-17,20H2,1-4H3. The van der Waals surface area contributed by atoms with Gasteiger partial charge in [-0.1, -0.05) is 56.0 Å². The Bertz CT molecular complexity index is 990. The van der Waals surface area contributed by atoms with Crippen LogP contribution in [-0.4, -0.2) is 34.1 Å². The molecule has 0 saturated heterocycles. The van der Waals surface area contributed by atoms with Gasteiger partial charge < -0.3 is 14.2 Å². The van der Waals surface area contributed by atoms with E-state index in [1.54, 1.807) is 0 Å². The number of rotatable bonds is 13. The molecule has 174 valence electrons. The van der Waals surface area contributed by atoms with Crippen LogP contribution in [0.25, 0.3) is 11.0 Å². The van der Waals surface area contributed by atoms with E-state index in [1.807, 2.05) is 24.3 Å². The van der Waals surface area contributed by atoms with Crippen LogP contribution in [0.3, 0.4) is 0 Å². The third-order valence-electron chi connectivity index (χ3n) is 5.99. The Morgan fingerprint density at radius 1 is 0.938 bits per heavy atom. The number of benzene rings is 2. The number of aryl methyl sites for hydroxylation is 3. The summed E-state index contributed by atoms with van der Waals surface area (Å²) in [5, 5.41) is 0.744. The highest BCUT2D eigenvalue weighted by molar-refractivity contribution is 6.31. The van der Waals surface area contributed by atoms with E-state index in [9.17, 15) is 0 Å². The molecule has 0 saturated carbocycles. The average Bonchev–Trinajstić information content (AvgIpc) is 3.11. The molecule has 1 aromatic heterocycles. The van der Waals surface area contributed by atoms with Crippen molar-refractivity contribution >= 4 is 22.6 Å². The van der Waals surface area contributed by atoms with Crippen molar-refractivity contribution in [2.24, 2.45) is 0 Å². The van der Waals surface area contributed by atoms with Crippen molar-refractivity contribution in [2.75, 3.05) is 19.6 Å². The number of aromatic nitrogens is 2. The molecule has 32 heavy (non-hydrogen) atoms. The first-order valence-corrected chi connectivity index (χ1v) is 12.5. The molecule has 0 aliphatic rings. The quantitative estimate of drug-likeness (QED) is 0.273. The number of hydrogen-bond acceptors (Lipinski definition) is 3. The Morgan fingerprint density at radius 3 is 2.34 bits per heavy atom. The predicted octanol–water partition coefficient (Wildman–Crippen LogP) is 7.18. The molecule has 5 heteroatoms. The van der Waals surface area contributed by atoms with Crippen LogP contribution >= 0.6 is 11.6 Å². The predicted molar refractivity (Wildman–Crippen MR) is 136 cm³/mol. The van der Waals surface area contributed by atoms with Crippen LogP contribution in [0.4, 0.5) is 0 Å². The molecule has 0 atom stereocenters. The van der Waals surface area contributed by atoms with E-state index < -0.39 is 0 Å². The van der Waals surface area contributed by atoms with Crippen LogP contribution in [0, 0.1) is 13.8 Å². The number of ether oxygens (including phenoxy) is 1. The van der Waals surface area contributed by atoms with E-state index in [4.69, 9.17) is 21.3 Å². The molecule has 0 aliphatic heterocycles. The number of unbranched alkanes of at least 4 members (excludes halogenated alkanes) is 2. The maximum absolute atomic E-state index is 6.33. The van der Waals surface area contributed by atoms with Crippen LogP contribution < -0.4 is 4.74 Å². The lowest BCUT2D eigenvalue weighted by atomic mass is 10.1. The summed E-state index contributed by atoms with van der Waals surface area (Å²) < 4.78 is 8.48. The third kappa shape index (κ3) is 6.73. The van der Waals surface area contributed by atoms with Crippen molar-refractivity contribution in [3.05, 3.63) is 58.4 Å². The topological polar surface area (TPSA) is 30.3 Å². The summed E-state index contributed by atoms with van der Waals surface area (Å²) in [4.78, 5) is 7.49. The number of halogens is 1. The van der Waals surface area contributed by atoms with Gasteiger partial charge in [0.2, 0.25) is 0 Å².